The van der Waals surface area contributed by atoms with Gasteiger partial charge in [-0.2, -0.15) is 0 Å². The first-order valence-electron chi connectivity index (χ1n) is 8.24. The van der Waals surface area contributed by atoms with E-state index in [1.54, 1.807) is 6.08 Å². The Morgan fingerprint density at radius 1 is 1.23 bits per heavy atom. The van der Waals surface area contributed by atoms with Gasteiger partial charge in [0.15, 0.2) is 0 Å². The number of amides is 2. The molecule has 6 nitrogen and oxygen atoms in total. The number of hydrogen-bond donors (Lipinski definition) is 2. The molecule has 3 N–H and O–H groups in total. The normalized spacial score (nSPS) is 26.5. The van der Waals surface area contributed by atoms with Gasteiger partial charge in [0.05, 0.1) is 6.54 Å². The fraction of sp³-hybridized carbons (Fsp3) is 0.750. The number of nitrogens with two attached hydrogens (primary N) is 1. The van der Waals surface area contributed by atoms with Gasteiger partial charge in [-0.25, -0.2) is 0 Å². The van der Waals surface area contributed by atoms with E-state index in [1.165, 1.54) is 0 Å². The maximum Gasteiger partial charge on any atom is 0.234 e. The van der Waals surface area contributed by atoms with Crippen LogP contribution in [0.1, 0.15) is 25.7 Å². The first-order valence-corrected chi connectivity index (χ1v) is 8.24. The predicted octanol–water partition coefficient (Wildman–Crippen LogP) is -0.0497. The molecule has 2 unspecified atom stereocenters. The monoisotopic (exact) mass is 308 g/mol. The average molecular weight is 308 g/mol. The van der Waals surface area contributed by atoms with E-state index in [0.29, 0.717) is 26.2 Å². The maximum absolute atomic E-state index is 12.5. The largest absolute Gasteiger partial charge is 0.352 e. The van der Waals surface area contributed by atoms with Crippen molar-refractivity contribution in [2.45, 2.75) is 31.7 Å². The van der Waals surface area contributed by atoms with E-state index >= 15 is 0 Å². The molecule has 2 amide bonds. The second-order valence-electron chi connectivity index (χ2n) is 6.32. The second-order valence-corrected chi connectivity index (χ2v) is 6.32. The molecule has 1 aliphatic carbocycles. The van der Waals surface area contributed by atoms with E-state index in [0.717, 1.165) is 38.8 Å². The number of piperazine rings is 1. The van der Waals surface area contributed by atoms with Crippen LogP contribution in [0.15, 0.2) is 12.7 Å². The van der Waals surface area contributed by atoms with Crippen LogP contribution in [0.4, 0.5) is 0 Å². The lowest BCUT2D eigenvalue weighted by Gasteiger charge is -2.37. The van der Waals surface area contributed by atoms with Crippen LogP contribution in [0.3, 0.4) is 0 Å². The van der Waals surface area contributed by atoms with Gasteiger partial charge in [0, 0.05) is 44.7 Å². The van der Waals surface area contributed by atoms with E-state index in [2.05, 4.69) is 16.8 Å². The third kappa shape index (κ3) is 4.81. The van der Waals surface area contributed by atoms with Crippen LogP contribution >= 0.6 is 0 Å². The SMILES string of the molecule is C=CCNC(=O)CN1CCN(C(=O)C2CCCC(N)C2)CC1. The minimum absolute atomic E-state index is 0.0120. The molecule has 1 saturated heterocycles. The Labute approximate surface area is 132 Å². The van der Waals surface area contributed by atoms with E-state index < -0.39 is 0 Å². The van der Waals surface area contributed by atoms with Crippen LogP contribution in [0.2, 0.25) is 0 Å². The highest BCUT2D eigenvalue weighted by Crippen LogP contribution is 2.25. The quantitative estimate of drug-likeness (QED) is 0.698. The minimum Gasteiger partial charge on any atom is -0.352 e. The molecule has 0 aromatic rings. The maximum atomic E-state index is 12.5. The average Bonchev–Trinajstić information content (AvgIpc) is 2.53. The van der Waals surface area contributed by atoms with Crippen molar-refractivity contribution in [2.24, 2.45) is 11.7 Å². The van der Waals surface area contributed by atoms with Crippen molar-refractivity contribution in [2.75, 3.05) is 39.3 Å². The van der Waals surface area contributed by atoms with Gasteiger partial charge in [-0.3, -0.25) is 14.5 Å². The van der Waals surface area contributed by atoms with Crippen molar-refractivity contribution < 1.29 is 9.59 Å². The number of nitrogens with zero attached hydrogens (tertiary/aromatic N) is 2. The van der Waals surface area contributed by atoms with Gasteiger partial charge in [0.2, 0.25) is 11.8 Å². The number of nitrogens with one attached hydrogen (secondary N) is 1. The Bertz CT molecular complexity index is 405. The van der Waals surface area contributed by atoms with Crippen LogP contribution in [-0.2, 0) is 9.59 Å². The molecular formula is C16H28N4O2. The lowest BCUT2D eigenvalue weighted by Crippen LogP contribution is -2.53. The number of hydrogen-bond acceptors (Lipinski definition) is 4. The molecule has 6 heteroatoms. The van der Waals surface area contributed by atoms with Crippen LogP contribution in [0, 0.1) is 5.92 Å². The summed E-state index contributed by atoms with van der Waals surface area (Å²) in [6.45, 7) is 7.40. The lowest BCUT2D eigenvalue weighted by atomic mass is 9.85. The minimum atomic E-state index is 0.0120. The summed E-state index contributed by atoms with van der Waals surface area (Å²) in [5.41, 5.74) is 5.98. The van der Waals surface area contributed by atoms with Crippen LogP contribution < -0.4 is 11.1 Å². The molecule has 2 atom stereocenters. The Kier molecular flexibility index (Phi) is 6.39. The first-order chi connectivity index (χ1) is 10.6. The zero-order valence-electron chi connectivity index (χ0n) is 13.3. The molecular weight excluding hydrogens is 280 g/mol. The molecule has 2 aliphatic rings. The van der Waals surface area contributed by atoms with Crippen molar-refractivity contribution in [1.82, 2.24) is 15.1 Å². The third-order valence-corrected chi connectivity index (χ3v) is 4.56. The van der Waals surface area contributed by atoms with Crippen LogP contribution in [0.25, 0.3) is 0 Å². The van der Waals surface area contributed by atoms with Gasteiger partial charge >= 0.3 is 0 Å². The fourth-order valence-electron chi connectivity index (χ4n) is 3.28. The van der Waals surface area contributed by atoms with E-state index in [4.69, 9.17) is 5.73 Å². The van der Waals surface area contributed by atoms with E-state index in [9.17, 15) is 9.59 Å². The van der Waals surface area contributed by atoms with Crippen LogP contribution in [0.5, 0.6) is 0 Å². The summed E-state index contributed by atoms with van der Waals surface area (Å²) in [4.78, 5) is 28.2. The highest BCUT2D eigenvalue weighted by atomic mass is 16.2. The van der Waals surface area contributed by atoms with Crippen molar-refractivity contribution in [3.63, 3.8) is 0 Å². The van der Waals surface area contributed by atoms with Gasteiger partial charge in [-0.1, -0.05) is 12.5 Å². The summed E-state index contributed by atoms with van der Waals surface area (Å²) < 4.78 is 0. The summed E-state index contributed by atoms with van der Waals surface area (Å²) in [7, 11) is 0. The van der Waals surface area contributed by atoms with Crippen molar-refractivity contribution in [3.05, 3.63) is 12.7 Å². The number of rotatable bonds is 5. The Morgan fingerprint density at radius 2 is 1.95 bits per heavy atom. The molecule has 0 aromatic carbocycles. The standard InChI is InChI=1S/C16H28N4O2/c1-2-6-18-15(21)12-19-7-9-20(10-8-19)16(22)13-4-3-5-14(17)11-13/h2,13-14H,1,3-12,17H2,(H,18,21). The Balaban J connectivity index is 1.73. The molecule has 2 fully saturated rings. The highest BCUT2D eigenvalue weighted by molar-refractivity contribution is 5.79. The van der Waals surface area contributed by atoms with E-state index in [1.807, 2.05) is 4.90 Å². The molecule has 0 aromatic heterocycles. The second kappa shape index (κ2) is 8.29. The summed E-state index contributed by atoms with van der Waals surface area (Å²) in [6.07, 6.45) is 5.56. The fourth-order valence-corrected chi connectivity index (χ4v) is 3.28. The van der Waals surface area contributed by atoms with Crippen molar-refractivity contribution in [3.8, 4) is 0 Å². The Hall–Kier alpha value is -1.40. The predicted molar refractivity (Wildman–Crippen MR) is 86.2 cm³/mol. The number of carbonyl (C=O) groups is 2. The molecule has 0 radical (unpaired) electrons. The van der Waals surface area contributed by atoms with Gasteiger partial charge in [-0.05, 0) is 19.3 Å². The van der Waals surface area contributed by atoms with E-state index in [-0.39, 0.29) is 23.8 Å². The molecule has 22 heavy (non-hydrogen) atoms. The summed E-state index contributed by atoms with van der Waals surface area (Å²) in [6, 6.07) is 0.178. The van der Waals surface area contributed by atoms with Gasteiger partial charge in [0.25, 0.3) is 0 Å². The molecule has 124 valence electrons. The highest BCUT2D eigenvalue weighted by Gasteiger charge is 2.30. The molecule has 1 heterocycles. The van der Waals surface area contributed by atoms with Crippen molar-refractivity contribution in [1.29, 1.82) is 0 Å². The van der Waals surface area contributed by atoms with Gasteiger partial charge in [-0.15, -0.1) is 6.58 Å². The summed E-state index contributed by atoms with van der Waals surface area (Å²) in [5, 5.41) is 2.78. The number of carbonyl (C=O) groups excluding carboxylic acids is 2. The summed E-state index contributed by atoms with van der Waals surface area (Å²) >= 11 is 0. The molecule has 1 saturated carbocycles. The Morgan fingerprint density at radius 3 is 2.59 bits per heavy atom. The molecule has 0 spiro atoms. The zero-order valence-corrected chi connectivity index (χ0v) is 13.3. The molecule has 0 bridgehead atoms. The third-order valence-electron chi connectivity index (χ3n) is 4.56. The lowest BCUT2D eigenvalue weighted by molar-refractivity contribution is -0.138. The summed E-state index contributed by atoms with van der Waals surface area (Å²) in [5.74, 6) is 0.370. The zero-order chi connectivity index (χ0) is 15.9. The smallest absolute Gasteiger partial charge is 0.234 e. The van der Waals surface area contributed by atoms with Crippen molar-refractivity contribution >= 4 is 11.8 Å². The molecule has 2 rings (SSSR count). The topological polar surface area (TPSA) is 78.7 Å². The van der Waals surface area contributed by atoms with Crippen LogP contribution in [-0.4, -0.2) is 66.9 Å². The first kappa shape index (κ1) is 17.0. The van der Waals surface area contributed by atoms with Gasteiger partial charge in [0.1, 0.15) is 0 Å². The van der Waals surface area contributed by atoms with Gasteiger partial charge < -0.3 is 16.0 Å². The molecule has 1 aliphatic heterocycles.